The largest absolute Gasteiger partial charge is 0.390 e. The minimum absolute atomic E-state index is 0.0651. The monoisotopic (exact) mass is 556 g/mol. The summed E-state index contributed by atoms with van der Waals surface area (Å²) in [4.78, 5) is 26.6. The van der Waals surface area contributed by atoms with E-state index in [1.54, 1.807) is 0 Å². The van der Waals surface area contributed by atoms with Crippen molar-refractivity contribution in [1.29, 1.82) is 0 Å². The summed E-state index contributed by atoms with van der Waals surface area (Å²) in [5, 5.41) is 20.3. The molecule has 0 aromatic heterocycles. The molecule has 1 aliphatic heterocycles. The summed E-state index contributed by atoms with van der Waals surface area (Å²) in [6.07, 6.45) is 3.76. The van der Waals surface area contributed by atoms with Gasteiger partial charge in [0.05, 0.1) is 24.4 Å². The number of nitrogens with one attached hydrogen (secondary N) is 3. The number of hydrogen-bond donors (Lipinski definition) is 4. The van der Waals surface area contributed by atoms with E-state index >= 15 is 0 Å². The number of aliphatic hydroxyl groups is 1. The Bertz CT molecular complexity index is 982. The van der Waals surface area contributed by atoms with Gasteiger partial charge in [-0.3, -0.25) is 9.59 Å². The van der Waals surface area contributed by atoms with Crippen molar-refractivity contribution in [1.82, 2.24) is 20.3 Å². The molecule has 0 spiro atoms. The molecule has 0 bridgehead atoms. The summed E-state index contributed by atoms with van der Waals surface area (Å²) in [6.45, 7) is 8.47. The molecular weight excluding hydrogens is 512 g/mol. The first-order chi connectivity index (χ1) is 17.2. The minimum atomic E-state index is -3.57. The second-order valence-corrected chi connectivity index (χ2v) is 14.2. The Morgan fingerprint density at radius 1 is 1.19 bits per heavy atom. The summed E-state index contributed by atoms with van der Waals surface area (Å²) < 4.78 is 25.4. The summed E-state index contributed by atoms with van der Waals surface area (Å²) >= 11 is 1.46. The number of sulfonamides is 1. The molecule has 4 atom stereocenters. The van der Waals surface area contributed by atoms with Crippen molar-refractivity contribution < 1.29 is 23.1 Å². The van der Waals surface area contributed by atoms with E-state index in [2.05, 4.69) is 16.0 Å². The van der Waals surface area contributed by atoms with Crippen LogP contribution in [0.3, 0.4) is 0 Å². The van der Waals surface area contributed by atoms with Crippen LogP contribution in [0, 0.1) is 5.92 Å². The standard InChI is InChI=1S/C26H44N4O5S2/c1-18(2)16-30(37(6,34)35)17-22(31)21(15-19-11-8-7-9-12-19)28-25(33)23(26(3,4)36-5)29-24(32)20-13-10-14-27-20/h7-9,11-12,18,20-23,27,31H,10,13-17H2,1-6H3,(H,28,33)(H,29,32). The first-order valence-corrected chi connectivity index (χ1v) is 15.9. The number of nitrogens with zero attached hydrogens (tertiary/aromatic N) is 1. The third kappa shape index (κ3) is 9.86. The molecule has 1 fully saturated rings. The lowest BCUT2D eigenvalue weighted by atomic mass is 9.97. The van der Waals surface area contributed by atoms with Gasteiger partial charge in [-0.1, -0.05) is 44.2 Å². The molecule has 11 heteroatoms. The molecule has 2 rings (SSSR count). The van der Waals surface area contributed by atoms with Gasteiger partial charge >= 0.3 is 0 Å². The molecular formula is C26H44N4O5S2. The zero-order valence-electron chi connectivity index (χ0n) is 22.9. The maximum absolute atomic E-state index is 13.7. The molecule has 1 saturated heterocycles. The van der Waals surface area contributed by atoms with Gasteiger partial charge in [-0.15, -0.1) is 0 Å². The number of carbonyl (C=O) groups excluding carboxylic acids is 2. The molecule has 4 unspecified atom stereocenters. The van der Waals surface area contributed by atoms with Gasteiger partial charge in [0, 0.05) is 17.8 Å². The maximum Gasteiger partial charge on any atom is 0.244 e. The third-order valence-electron chi connectivity index (χ3n) is 6.67. The molecule has 0 aliphatic carbocycles. The van der Waals surface area contributed by atoms with Crippen LogP contribution in [-0.4, -0.2) is 90.8 Å². The Morgan fingerprint density at radius 2 is 1.84 bits per heavy atom. The van der Waals surface area contributed by atoms with Crippen molar-refractivity contribution in [2.45, 2.75) is 75.9 Å². The van der Waals surface area contributed by atoms with Crippen LogP contribution in [0.4, 0.5) is 0 Å². The van der Waals surface area contributed by atoms with Crippen LogP contribution < -0.4 is 16.0 Å². The van der Waals surface area contributed by atoms with Crippen molar-refractivity contribution in [3.8, 4) is 0 Å². The van der Waals surface area contributed by atoms with E-state index in [1.165, 1.54) is 16.1 Å². The van der Waals surface area contributed by atoms with Crippen LogP contribution >= 0.6 is 11.8 Å². The topological polar surface area (TPSA) is 128 Å². The lowest BCUT2D eigenvalue weighted by Gasteiger charge is -2.35. The van der Waals surface area contributed by atoms with Gasteiger partial charge in [0.2, 0.25) is 21.8 Å². The van der Waals surface area contributed by atoms with Crippen molar-refractivity contribution >= 4 is 33.6 Å². The smallest absolute Gasteiger partial charge is 0.244 e. The summed E-state index contributed by atoms with van der Waals surface area (Å²) in [7, 11) is -3.57. The fourth-order valence-electron chi connectivity index (χ4n) is 4.33. The summed E-state index contributed by atoms with van der Waals surface area (Å²) in [5.41, 5.74) is 0.890. The fraction of sp³-hybridized carbons (Fsp3) is 0.692. The molecule has 37 heavy (non-hydrogen) atoms. The molecule has 0 saturated carbocycles. The quantitative estimate of drug-likeness (QED) is 0.273. The Balaban J connectivity index is 2.30. The highest BCUT2D eigenvalue weighted by atomic mass is 32.2. The van der Waals surface area contributed by atoms with Crippen molar-refractivity contribution in [3.63, 3.8) is 0 Å². The summed E-state index contributed by atoms with van der Waals surface area (Å²) in [6, 6.07) is 7.45. The molecule has 1 heterocycles. The Labute approximate surface area is 226 Å². The van der Waals surface area contributed by atoms with E-state index < -0.39 is 38.9 Å². The summed E-state index contributed by atoms with van der Waals surface area (Å²) in [5.74, 6) is -0.573. The molecule has 1 aromatic carbocycles. The van der Waals surface area contributed by atoms with E-state index in [0.717, 1.165) is 24.8 Å². The Hall–Kier alpha value is -1.66. The second kappa shape index (κ2) is 13.9. The molecule has 1 aromatic rings. The number of rotatable bonds is 14. The highest BCUT2D eigenvalue weighted by molar-refractivity contribution is 8.00. The predicted octanol–water partition coefficient (Wildman–Crippen LogP) is 1.37. The van der Waals surface area contributed by atoms with Gasteiger partial charge in [-0.2, -0.15) is 16.1 Å². The highest BCUT2D eigenvalue weighted by Gasteiger charge is 2.39. The van der Waals surface area contributed by atoms with Gasteiger partial charge < -0.3 is 21.1 Å². The molecule has 0 radical (unpaired) electrons. The van der Waals surface area contributed by atoms with Crippen LogP contribution in [-0.2, 0) is 26.0 Å². The van der Waals surface area contributed by atoms with E-state index in [9.17, 15) is 23.1 Å². The van der Waals surface area contributed by atoms with Crippen molar-refractivity contribution in [2.75, 3.05) is 32.1 Å². The van der Waals surface area contributed by atoms with Gasteiger partial charge in [-0.25, -0.2) is 8.42 Å². The van der Waals surface area contributed by atoms with E-state index in [4.69, 9.17) is 0 Å². The average molecular weight is 557 g/mol. The number of hydrogen-bond acceptors (Lipinski definition) is 7. The highest BCUT2D eigenvalue weighted by Crippen LogP contribution is 2.26. The average Bonchev–Trinajstić information content (AvgIpc) is 3.36. The van der Waals surface area contributed by atoms with Gasteiger partial charge in [-0.05, 0) is 57.4 Å². The SMILES string of the molecule is CSC(C)(C)C(NC(=O)C1CCCN1)C(=O)NC(Cc1ccccc1)C(O)CN(CC(C)C)S(C)(=O)=O. The van der Waals surface area contributed by atoms with Crippen LogP contribution in [0.2, 0.25) is 0 Å². The zero-order chi connectivity index (χ0) is 27.8. The van der Waals surface area contributed by atoms with Gasteiger partial charge in [0.25, 0.3) is 0 Å². The molecule has 2 amide bonds. The van der Waals surface area contributed by atoms with E-state index in [0.29, 0.717) is 12.8 Å². The normalized spacial score (nSPS) is 19.0. The Morgan fingerprint density at radius 3 is 2.35 bits per heavy atom. The van der Waals surface area contributed by atoms with Gasteiger partial charge in [0.1, 0.15) is 6.04 Å². The second-order valence-electron chi connectivity index (χ2n) is 10.7. The van der Waals surface area contributed by atoms with E-state index in [-0.39, 0.29) is 31.0 Å². The van der Waals surface area contributed by atoms with Gasteiger partial charge in [0.15, 0.2) is 0 Å². The number of thioether (sulfide) groups is 1. The first kappa shape index (κ1) is 31.6. The van der Waals surface area contributed by atoms with Crippen molar-refractivity contribution in [3.05, 3.63) is 35.9 Å². The minimum Gasteiger partial charge on any atom is -0.390 e. The van der Waals surface area contributed by atoms with Crippen molar-refractivity contribution in [2.24, 2.45) is 5.92 Å². The molecule has 210 valence electrons. The lowest BCUT2D eigenvalue weighted by Crippen LogP contribution is -2.62. The number of aliphatic hydroxyl groups excluding tert-OH is 1. The van der Waals surface area contributed by atoms with Crippen LogP contribution in [0.15, 0.2) is 30.3 Å². The third-order valence-corrected chi connectivity index (χ3v) is 9.19. The molecule has 1 aliphatic rings. The predicted molar refractivity (Wildman–Crippen MR) is 150 cm³/mol. The number of amides is 2. The van der Waals surface area contributed by atoms with Crippen LogP contribution in [0.1, 0.15) is 46.1 Å². The molecule has 9 nitrogen and oxygen atoms in total. The number of carbonyl (C=O) groups is 2. The fourth-order valence-corrected chi connectivity index (χ4v) is 5.72. The first-order valence-electron chi connectivity index (χ1n) is 12.8. The number of benzene rings is 1. The maximum atomic E-state index is 13.7. The van der Waals surface area contributed by atoms with Crippen LogP contribution in [0.5, 0.6) is 0 Å². The van der Waals surface area contributed by atoms with E-state index in [1.807, 2.05) is 64.3 Å². The Kier molecular flexibility index (Phi) is 11.9. The molecule has 4 N–H and O–H groups in total. The van der Waals surface area contributed by atoms with Crippen LogP contribution in [0.25, 0.3) is 0 Å². The lowest BCUT2D eigenvalue weighted by molar-refractivity contribution is -0.131. The zero-order valence-corrected chi connectivity index (χ0v) is 24.5.